The first-order valence-corrected chi connectivity index (χ1v) is 11.6. The number of benzene rings is 3. The van der Waals surface area contributed by atoms with Crippen molar-refractivity contribution in [2.75, 3.05) is 12.4 Å². The minimum atomic E-state index is -2.95. The first kappa shape index (κ1) is 25.3. The Morgan fingerprint density at radius 3 is 2.43 bits per heavy atom. The number of hydrogen-bond donors (Lipinski definition) is 1. The summed E-state index contributed by atoms with van der Waals surface area (Å²) in [5.41, 5.74) is 0.738. The Kier molecular flexibility index (Phi) is 7.76. The number of hydrogen-bond acceptors (Lipinski definition) is 6. The normalized spacial score (nSPS) is 12.1. The molecule has 4 rings (SSSR count). The number of nitrogens with one attached hydrogen (secondary N) is 1. The van der Waals surface area contributed by atoms with E-state index in [2.05, 4.69) is 10.1 Å². The first-order valence-electron chi connectivity index (χ1n) is 10.8. The van der Waals surface area contributed by atoms with Gasteiger partial charge in [-0.15, -0.1) is 11.3 Å². The highest BCUT2D eigenvalue weighted by Gasteiger charge is 2.17. The summed E-state index contributed by atoms with van der Waals surface area (Å²) in [6.07, 6.45) is 1.55. The zero-order valence-corrected chi connectivity index (χ0v) is 20.2. The molecule has 1 aromatic heterocycles. The fraction of sp³-hybridized carbons (Fsp3) is 0.0741. The summed E-state index contributed by atoms with van der Waals surface area (Å²) in [6.45, 7) is -2.95. The van der Waals surface area contributed by atoms with Gasteiger partial charge in [0.15, 0.2) is 5.57 Å². The van der Waals surface area contributed by atoms with Crippen molar-refractivity contribution in [2.45, 2.75) is 6.61 Å². The summed E-state index contributed by atoms with van der Waals surface area (Å²) in [5, 5.41) is 12.6. The van der Waals surface area contributed by atoms with Crippen LogP contribution in [0.15, 0.2) is 83.7 Å². The van der Waals surface area contributed by atoms with Crippen molar-refractivity contribution in [2.24, 2.45) is 0 Å². The van der Waals surface area contributed by atoms with E-state index in [1.165, 1.54) is 35.9 Å². The second-order valence-electron chi connectivity index (χ2n) is 7.51. The van der Waals surface area contributed by atoms with Gasteiger partial charge < -0.3 is 14.8 Å². The van der Waals surface area contributed by atoms with Gasteiger partial charge in [-0.25, -0.2) is 0 Å². The highest BCUT2D eigenvalue weighted by Crippen LogP contribution is 2.18. The van der Waals surface area contributed by atoms with Crippen molar-refractivity contribution in [3.8, 4) is 23.3 Å². The molecule has 0 bridgehead atoms. The predicted molar refractivity (Wildman–Crippen MR) is 136 cm³/mol. The van der Waals surface area contributed by atoms with Crippen LogP contribution in [0.1, 0.15) is 5.56 Å². The number of halogens is 2. The molecule has 1 amide bonds. The average Bonchev–Trinajstić information content (AvgIpc) is 3.21. The van der Waals surface area contributed by atoms with Gasteiger partial charge in [0, 0.05) is 11.8 Å². The quantitative estimate of drug-likeness (QED) is 0.402. The number of aromatic nitrogens is 1. The van der Waals surface area contributed by atoms with E-state index in [9.17, 15) is 23.6 Å². The number of carbonyl (C=O) groups is 1. The number of amides is 1. The van der Waals surface area contributed by atoms with E-state index in [1.807, 2.05) is 6.07 Å². The summed E-state index contributed by atoms with van der Waals surface area (Å²) in [7, 11) is 1.50. The average molecular weight is 520 g/mol. The highest BCUT2D eigenvalue weighted by atomic mass is 32.1. The molecule has 0 aliphatic heterocycles. The molecule has 0 aliphatic carbocycles. The molecule has 1 N–H and O–H groups in total. The van der Waals surface area contributed by atoms with Crippen LogP contribution in [0, 0.1) is 11.3 Å². The molecule has 0 saturated heterocycles. The fourth-order valence-electron chi connectivity index (χ4n) is 3.45. The van der Waals surface area contributed by atoms with Crippen LogP contribution in [0.5, 0.6) is 11.5 Å². The largest absolute Gasteiger partial charge is 0.497 e. The molecule has 3 aromatic carbocycles. The van der Waals surface area contributed by atoms with Crippen LogP contribution in [-0.2, 0) is 4.79 Å². The number of nitrogens with zero attached hydrogens (tertiary/aromatic N) is 2. The van der Waals surface area contributed by atoms with E-state index in [-0.39, 0.29) is 20.5 Å². The summed E-state index contributed by atoms with van der Waals surface area (Å²) >= 11 is 0.968. The molecular formula is C27H19F2N3O4S. The Morgan fingerprint density at radius 1 is 1.05 bits per heavy atom. The van der Waals surface area contributed by atoms with Gasteiger partial charge in [-0.1, -0.05) is 36.4 Å². The van der Waals surface area contributed by atoms with Gasteiger partial charge in [-0.2, -0.15) is 14.0 Å². The van der Waals surface area contributed by atoms with E-state index in [4.69, 9.17) is 4.74 Å². The third-order valence-corrected chi connectivity index (χ3v) is 6.21. The molecule has 0 fully saturated rings. The van der Waals surface area contributed by atoms with Crippen molar-refractivity contribution in [1.82, 2.24) is 4.57 Å². The SMILES string of the molecule is COc1cccc(NC(=O)/C(C#N)=c2\s/c(=C\c3ccc(OC(F)F)cc3)c(=O)n2-c2ccccc2)c1. The summed E-state index contributed by atoms with van der Waals surface area (Å²) in [4.78, 5) is 26.6. The smallest absolute Gasteiger partial charge is 0.387 e. The predicted octanol–water partition coefficient (Wildman–Crippen LogP) is 3.65. The Balaban J connectivity index is 1.86. The maximum absolute atomic E-state index is 13.4. The number of ether oxygens (including phenoxy) is 2. The van der Waals surface area contributed by atoms with Crippen LogP contribution in [0.4, 0.5) is 14.5 Å². The Morgan fingerprint density at radius 2 is 1.78 bits per heavy atom. The number of thiazole rings is 1. The van der Waals surface area contributed by atoms with E-state index < -0.39 is 18.1 Å². The monoisotopic (exact) mass is 519 g/mol. The van der Waals surface area contributed by atoms with Crippen molar-refractivity contribution in [1.29, 1.82) is 5.26 Å². The summed E-state index contributed by atoms with van der Waals surface area (Å²) in [5.74, 6) is -0.188. The maximum Gasteiger partial charge on any atom is 0.387 e. The van der Waals surface area contributed by atoms with Gasteiger partial charge >= 0.3 is 6.61 Å². The van der Waals surface area contributed by atoms with E-state index >= 15 is 0 Å². The molecule has 0 spiro atoms. The molecule has 7 nitrogen and oxygen atoms in total. The zero-order valence-electron chi connectivity index (χ0n) is 19.4. The van der Waals surface area contributed by atoms with Gasteiger partial charge in [-0.05, 0) is 48.0 Å². The maximum atomic E-state index is 13.4. The first-order chi connectivity index (χ1) is 17.9. The minimum Gasteiger partial charge on any atom is -0.497 e. The lowest BCUT2D eigenvalue weighted by molar-refractivity contribution is -0.111. The van der Waals surface area contributed by atoms with E-state index in [0.29, 0.717) is 22.7 Å². The Bertz CT molecular complexity index is 1640. The summed E-state index contributed by atoms with van der Waals surface area (Å²) in [6, 6.07) is 23.0. The number of para-hydroxylation sites is 1. The molecule has 0 radical (unpaired) electrons. The van der Waals surface area contributed by atoms with Gasteiger partial charge in [0.25, 0.3) is 11.5 Å². The van der Waals surface area contributed by atoms with Crippen molar-refractivity contribution in [3.05, 3.63) is 104 Å². The molecule has 186 valence electrons. The lowest BCUT2D eigenvalue weighted by atomic mass is 10.2. The van der Waals surface area contributed by atoms with E-state index in [0.717, 1.165) is 11.3 Å². The second kappa shape index (κ2) is 11.3. The van der Waals surface area contributed by atoms with Crippen molar-refractivity contribution >= 4 is 34.6 Å². The third-order valence-electron chi connectivity index (χ3n) is 5.12. The molecule has 37 heavy (non-hydrogen) atoms. The second-order valence-corrected chi connectivity index (χ2v) is 8.54. The van der Waals surface area contributed by atoms with Crippen LogP contribution >= 0.6 is 11.3 Å². The van der Waals surface area contributed by atoms with Gasteiger partial charge in [-0.3, -0.25) is 14.2 Å². The molecule has 0 saturated carbocycles. The minimum absolute atomic E-state index is 0.0185. The standard InChI is InChI=1S/C27H19F2N3O4S/c1-35-21-9-5-6-18(15-21)31-24(33)22(16-30)26-32(19-7-3-2-4-8-19)25(34)23(37-26)14-17-10-12-20(13-11-17)36-27(28)29/h2-15,27H,1H3,(H,31,33)/b23-14-,26-22-. The number of anilines is 1. The lowest BCUT2D eigenvalue weighted by Gasteiger charge is -2.07. The lowest BCUT2D eigenvalue weighted by Crippen LogP contribution is -2.32. The van der Waals surface area contributed by atoms with Crippen LogP contribution < -0.4 is 29.5 Å². The Labute approximate surface area is 213 Å². The van der Waals surface area contributed by atoms with Gasteiger partial charge in [0.05, 0.1) is 17.3 Å². The number of methoxy groups -OCH3 is 1. The number of alkyl halides is 2. The van der Waals surface area contributed by atoms with Crippen molar-refractivity contribution < 1.29 is 23.0 Å². The fourth-order valence-corrected chi connectivity index (χ4v) is 4.55. The topological polar surface area (TPSA) is 93.3 Å². The number of rotatable bonds is 7. The van der Waals surface area contributed by atoms with Crippen LogP contribution in [0.2, 0.25) is 0 Å². The summed E-state index contributed by atoms with van der Waals surface area (Å²) < 4.78 is 36.1. The number of carbonyl (C=O) groups excluding carboxylic acids is 1. The van der Waals surface area contributed by atoms with Gasteiger partial charge in [0.2, 0.25) is 0 Å². The highest BCUT2D eigenvalue weighted by molar-refractivity contribution is 7.07. The van der Waals surface area contributed by atoms with Crippen LogP contribution in [0.3, 0.4) is 0 Å². The molecule has 1 heterocycles. The molecule has 0 unspecified atom stereocenters. The van der Waals surface area contributed by atoms with Crippen LogP contribution in [-0.4, -0.2) is 24.2 Å². The molecule has 4 aromatic rings. The zero-order chi connectivity index (χ0) is 26.4. The van der Waals surface area contributed by atoms with Gasteiger partial charge in [0.1, 0.15) is 22.2 Å². The third kappa shape index (κ3) is 5.91. The van der Waals surface area contributed by atoms with Crippen LogP contribution in [0.25, 0.3) is 17.3 Å². The molecule has 0 aliphatic rings. The molecule has 0 atom stereocenters. The number of nitriles is 1. The van der Waals surface area contributed by atoms with E-state index in [1.54, 1.807) is 60.7 Å². The molecule has 10 heteroatoms. The Hall–Kier alpha value is -4.75. The molecular weight excluding hydrogens is 500 g/mol. The van der Waals surface area contributed by atoms with Crippen molar-refractivity contribution in [3.63, 3.8) is 0 Å².